The summed E-state index contributed by atoms with van der Waals surface area (Å²) in [6.07, 6.45) is 4.36. The van der Waals surface area contributed by atoms with E-state index in [1.54, 1.807) is 11.8 Å². The number of piperidine rings is 1. The summed E-state index contributed by atoms with van der Waals surface area (Å²) in [6, 6.07) is 20.3. The van der Waals surface area contributed by atoms with Gasteiger partial charge in [-0.15, -0.1) is 0 Å². The third-order valence-electron chi connectivity index (χ3n) is 6.09. The lowest BCUT2D eigenvalue weighted by Gasteiger charge is -2.33. The third kappa shape index (κ3) is 6.97. The lowest BCUT2D eigenvalue weighted by atomic mass is 9.90. The standard InChI is InChI=1S/C27H31ClN4OS/c1-2-14-29-26(33)23-10-8-22(9-11-23)19-34-27-30-24(28)18-25(31-27)32-15-12-21(13-16-32)17-20-6-4-3-5-7-20/h3-11,18,21H,2,12-17,19H2,1H3,(H,29,33). The van der Waals surface area contributed by atoms with E-state index in [0.717, 1.165) is 55.9 Å². The molecular formula is C27H31ClN4OS. The second-order valence-corrected chi connectivity index (χ2v) is 10.0. The molecule has 1 aromatic heterocycles. The molecule has 0 spiro atoms. The number of carbonyl (C=O) groups excluding carboxylic acids is 1. The van der Waals surface area contributed by atoms with E-state index in [1.807, 2.05) is 37.3 Å². The zero-order chi connectivity index (χ0) is 23.8. The molecule has 1 saturated heterocycles. The van der Waals surface area contributed by atoms with E-state index < -0.39 is 0 Å². The molecule has 3 aromatic rings. The molecule has 5 nitrogen and oxygen atoms in total. The molecule has 4 rings (SSSR count). The highest BCUT2D eigenvalue weighted by molar-refractivity contribution is 7.98. The lowest BCUT2D eigenvalue weighted by Crippen LogP contribution is -2.35. The molecule has 0 aliphatic carbocycles. The largest absolute Gasteiger partial charge is 0.356 e. The molecule has 0 radical (unpaired) electrons. The van der Waals surface area contributed by atoms with Crippen molar-refractivity contribution in [2.45, 2.75) is 43.5 Å². The summed E-state index contributed by atoms with van der Waals surface area (Å²) in [6.45, 7) is 4.69. The van der Waals surface area contributed by atoms with Crippen molar-refractivity contribution in [2.24, 2.45) is 5.92 Å². The van der Waals surface area contributed by atoms with E-state index in [4.69, 9.17) is 16.6 Å². The molecule has 7 heteroatoms. The minimum atomic E-state index is -0.0311. The Hall–Kier alpha value is -2.57. The van der Waals surface area contributed by atoms with Crippen LogP contribution in [0.4, 0.5) is 5.82 Å². The lowest BCUT2D eigenvalue weighted by molar-refractivity contribution is 0.0953. The molecule has 1 fully saturated rings. The first-order valence-corrected chi connectivity index (χ1v) is 13.3. The number of aromatic nitrogens is 2. The number of nitrogens with one attached hydrogen (secondary N) is 1. The van der Waals surface area contributed by atoms with Gasteiger partial charge in [-0.1, -0.05) is 72.8 Å². The second-order valence-electron chi connectivity index (χ2n) is 8.69. The Morgan fingerprint density at radius 2 is 1.79 bits per heavy atom. The summed E-state index contributed by atoms with van der Waals surface area (Å²) in [5.74, 6) is 2.30. The van der Waals surface area contributed by atoms with Crippen LogP contribution in [0, 0.1) is 5.92 Å². The number of anilines is 1. The Morgan fingerprint density at radius 3 is 2.50 bits per heavy atom. The Kier molecular flexibility index (Phi) is 8.83. The van der Waals surface area contributed by atoms with Crippen molar-refractivity contribution in [3.8, 4) is 0 Å². The van der Waals surface area contributed by atoms with Crippen LogP contribution in [-0.4, -0.2) is 35.5 Å². The summed E-state index contributed by atoms with van der Waals surface area (Å²) < 4.78 is 0. The monoisotopic (exact) mass is 494 g/mol. The van der Waals surface area contributed by atoms with Gasteiger partial charge in [0.1, 0.15) is 11.0 Å². The molecule has 1 amide bonds. The van der Waals surface area contributed by atoms with Crippen LogP contribution in [0.1, 0.15) is 47.7 Å². The number of rotatable bonds is 9. The zero-order valence-corrected chi connectivity index (χ0v) is 21.1. The highest BCUT2D eigenvalue weighted by atomic mass is 35.5. The highest BCUT2D eigenvalue weighted by Crippen LogP contribution is 2.28. The maximum absolute atomic E-state index is 12.1. The summed E-state index contributed by atoms with van der Waals surface area (Å²) in [5.41, 5.74) is 3.21. The number of hydrogen-bond donors (Lipinski definition) is 1. The minimum Gasteiger partial charge on any atom is -0.356 e. The van der Waals surface area contributed by atoms with Crippen LogP contribution in [0.3, 0.4) is 0 Å². The van der Waals surface area contributed by atoms with Crippen molar-refractivity contribution in [3.63, 3.8) is 0 Å². The number of thioether (sulfide) groups is 1. The van der Waals surface area contributed by atoms with Gasteiger partial charge in [-0.2, -0.15) is 0 Å². The first kappa shape index (κ1) is 24.6. The SMILES string of the molecule is CCCNC(=O)c1ccc(CSc2nc(Cl)cc(N3CCC(Cc4ccccc4)CC3)n2)cc1. The number of nitrogens with zero attached hydrogens (tertiary/aromatic N) is 3. The van der Waals surface area contributed by atoms with Gasteiger partial charge >= 0.3 is 0 Å². The van der Waals surface area contributed by atoms with Crippen molar-refractivity contribution in [1.29, 1.82) is 0 Å². The van der Waals surface area contributed by atoms with Gasteiger partial charge in [0.25, 0.3) is 5.91 Å². The second kappa shape index (κ2) is 12.2. The van der Waals surface area contributed by atoms with Gasteiger partial charge in [0.15, 0.2) is 5.16 Å². The quantitative estimate of drug-likeness (QED) is 0.224. The summed E-state index contributed by atoms with van der Waals surface area (Å²) >= 11 is 7.91. The molecule has 1 aliphatic rings. The highest BCUT2D eigenvalue weighted by Gasteiger charge is 2.21. The van der Waals surface area contributed by atoms with Crippen LogP contribution >= 0.6 is 23.4 Å². The topological polar surface area (TPSA) is 58.1 Å². The van der Waals surface area contributed by atoms with Crippen molar-refractivity contribution < 1.29 is 4.79 Å². The van der Waals surface area contributed by atoms with Crippen LogP contribution in [0.25, 0.3) is 0 Å². The van der Waals surface area contributed by atoms with E-state index >= 15 is 0 Å². The number of carbonyl (C=O) groups is 1. The first-order chi connectivity index (χ1) is 16.6. The summed E-state index contributed by atoms with van der Waals surface area (Å²) in [5, 5.41) is 4.05. The first-order valence-electron chi connectivity index (χ1n) is 11.9. The van der Waals surface area contributed by atoms with Crippen molar-refractivity contribution in [3.05, 3.63) is 82.5 Å². The molecule has 2 aromatic carbocycles. The van der Waals surface area contributed by atoms with E-state index in [-0.39, 0.29) is 5.91 Å². The van der Waals surface area contributed by atoms with Crippen molar-refractivity contribution >= 4 is 35.1 Å². The molecule has 0 bridgehead atoms. The maximum Gasteiger partial charge on any atom is 0.251 e. The predicted octanol–water partition coefficient (Wildman–Crippen LogP) is 6.02. The normalized spacial score (nSPS) is 14.2. The van der Waals surface area contributed by atoms with Crippen molar-refractivity contribution in [1.82, 2.24) is 15.3 Å². The Morgan fingerprint density at radius 1 is 1.06 bits per heavy atom. The van der Waals surface area contributed by atoms with E-state index in [1.165, 1.54) is 5.56 Å². The van der Waals surface area contributed by atoms with Crippen molar-refractivity contribution in [2.75, 3.05) is 24.5 Å². The summed E-state index contributed by atoms with van der Waals surface area (Å²) in [7, 11) is 0. The van der Waals surface area contributed by atoms with Gasteiger partial charge in [-0.25, -0.2) is 9.97 Å². The van der Waals surface area contributed by atoms with Crippen LogP contribution in [0.15, 0.2) is 65.8 Å². The molecule has 0 atom stereocenters. The minimum absolute atomic E-state index is 0.0311. The van der Waals surface area contributed by atoms with Gasteiger partial charge in [0.05, 0.1) is 0 Å². The molecule has 2 heterocycles. The molecule has 1 aliphatic heterocycles. The number of amides is 1. The average Bonchev–Trinajstić information content (AvgIpc) is 2.87. The van der Waals surface area contributed by atoms with E-state index in [9.17, 15) is 4.79 Å². The van der Waals surface area contributed by atoms with E-state index in [2.05, 4.69) is 45.5 Å². The predicted molar refractivity (Wildman–Crippen MR) is 141 cm³/mol. The van der Waals surface area contributed by atoms with Gasteiger partial charge < -0.3 is 10.2 Å². The van der Waals surface area contributed by atoms with Gasteiger partial charge in [-0.3, -0.25) is 4.79 Å². The van der Waals surface area contributed by atoms with Gasteiger partial charge in [0.2, 0.25) is 0 Å². The fraction of sp³-hybridized carbons (Fsp3) is 0.370. The average molecular weight is 495 g/mol. The van der Waals surface area contributed by atoms with Crippen LogP contribution in [0.2, 0.25) is 5.15 Å². The van der Waals surface area contributed by atoms with Gasteiger partial charge in [0, 0.05) is 37.0 Å². The maximum atomic E-state index is 12.1. The third-order valence-corrected chi connectivity index (χ3v) is 7.20. The van der Waals surface area contributed by atoms with Crippen LogP contribution in [-0.2, 0) is 12.2 Å². The van der Waals surface area contributed by atoms with Crippen LogP contribution < -0.4 is 10.2 Å². The molecule has 1 N–H and O–H groups in total. The molecule has 0 unspecified atom stereocenters. The number of halogens is 1. The van der Waals surface area contributed by atoms with Crippen LogP contribution in [0.5, 0.6) is 0 Å². The Balaban J connectivity index is 1.31. The molecule has 0 saturated carbocycles. The molecular weight excluding hydrogens is 464 g/mol. The summed E-state index contributed by atoms with van der Waals surface area (Å²) in [4.78, 5) is 23.6. The molecule has 34 heavy (non-hydrogen) atoms. The molecule has 178 valence electrons. The fourth-order valence-corrected chi connectivity index (χ4v) is 5.20. The van der Waals surface area contributed by atoms with Gasteiger partial charge in [-0.05, 0) is 54.9 Å². The Bertz CT molecular complexity index is 1070. The number of hydrogen-bond acceptors (Lipinski definition) is 5. The Labute approximate surface area is 211 Å². The zero-order valence-electron chi connectivity index (χ0n) is 19.5. The fourth-order valence-electron chi connectivity index (χ4n) is 4.17. The smallest absolute Gasteiger partial charge is 0.251 e. The van der Waals surface area contributed by atoms with E-state index in [0.29, 0.717) is 28.3 Å². The number of benzene rings is 2.